The van der Waals surface area contributed by atoms with Gasteiger partial charge in [-0.2, -0.15) is 0 Å². The van der Waals surface area contributed by atoms with Gasteiger partial charge in [0.2, 0.25) is 0 Å². The van der Waals surface area contributed by atoms with Crippen LogP contribution in [0.5, 0.6) is 0 Å². The summed E-state index contributed by atoms with van der Waals surface area (Å²) in [4.78, 5) is 10.6. The first-order valence-electron chi connectivity index (χ1n) is 3.57. The normalized spacial score (nSPS) is 20.9. The van der Waals surface area contributed by atoms with Gasteiger partial charge < -0.3 is 4.74 Å². The molecule has 0 rings (SSSR count). The Kier molecular flexibility index (Phi) is 1.27. The third kappa shape index (κ3) is 3.52. The van der Waals surface area contributed by atoms with E-state index in [1.165, 1.54) is 0 Å². The van der Waals surface area contributed by atoms with Crippen molar-refractivity contribution in [2.24, 2.45) is 0 Å². The molecule has 0 aliphatic rings. The summed E-state index contributed by atoms with van der Waals surface area (Å²) in [6, 6.07) is 0. The van der Waals surface area contributed by atoms with Crippen molar-refractivity contribution in [2.75, 3.05) is 7.11 Å². The summed E-state index contributed by atoms with van der Waals surface area (Å²) in [7, 11) is 3.45. The van der Waals surface area contributed by atoms with Crippen LogP contribution in [0.15, 0.2) is 0 Å². The zero-order chi connectivity index (χ0) is 9.28. The fourth-order valence-electron chi connectivity index (χ4n) is 0.102. The molecule has 0 aromatic carbocycles. The minimum atomic E-state index is -2.67. The van der Waals surface area contributed by atoms with E-state index in [1.54, 1.807) is 0 Å². The summed E-state index contributed by atoms with van der Waals surface area (Å²) in [6.07, 6.45) is -2.67. The van der Waals surface area contributed by atoms with Gasteiger partial charge in [0.05, 0.1) is 7.11 Å². The van der Waals surface area contributed by atoms with Crippen LogP contribution in [0.2, 0.25) is 6.00 Å². The van der Waals surface area contributed by atoms with Gasteiger partial charge in [0.15, 0.2) is 0 Å². The van der Waals surface area contributed by atoms with E-state index in [0.29, 0.717) is 0 Å². The Labute approximate surface area is 51.9 Å². The minimum Gasteiger partial charge on any atom is -0.469 e. The number of esters is 1. The van der Waals surface area contributed by atoms with Crippen molar-refractivity contribution in [1.29, 1.82) is 0 Å². The maximum atomic E-state index is 10.6. The third-order valence-corrected chi connectivity index (χ3v) is 0.475. The molecular weight excluding hydrogens is 108 g/mol. The number of carbonyl (C=O) groups is 1. The number of carbonyl (C=O) groups excluding carboxylic acids is 1. The fourth-order valence-corrected chi connectivity index (χ4v) is 0.204. The fraction of sp³-hybridized carbons (Fsp3) is 0.750. The molecular formula is C4H7O2Si. The highest BCUT2D eigenvalue weighted by Gasteiger charge is 1.92. The monoisotopic (exact) mass is 119 g/mol. The Morgan fingerprint density at radius 1 is 2.14 bits per heavy atom. The number of hydrogen-bond acceptors (Lipinski definition) is 2. The lowest BCUT2D eigenvalue weighted by Gasteiger charge is -1.90. The molecule has 0 amide bonds. The molecule has 0 saturated carbocycles. The van der Waals surface area contributed by atoms with E-state index in [0.717, 1.165) is 7.11 Å². The van der Waals surface area contributed by atoms with Crippen LogP contribution in [-0.4, -0.2) is 23.3 Å². The van der Waals surface area contributed by atoms with Crippen molar-refractivity contribution in [3.63, 3.8) is 0 Å². The highest BCUT2D eigenvalue weighted by Crippen LogP contribution is 1.85. The quantitative estimate of drug-likeness (QED) is 0.381. The number of methoxy groups -OCH3 is 1. The standard InChI is InChI=1S/C4H7O2Si/c1-6-4(5)2-3-7/h2-3H2,1H3/i2D2,3D2. The zero-order valence-corrected chi connectivity index (χ0v) is 4.82. The summed E-state index contributed by atoms with van der Waals surface area (Å²) >= 11 is 0. The maximum Gasteiger partial charge on any atom is 0.305 e. The van der Waals surface area contributed by atoms with Crippen molar-refractivity contribution in [3.8, 4) is 0 Å². The molecule has 3 heteroatoms. The van der Waals surface area contributed by atoms with E-state index in [1.807, 2.05) is 0 Å². The molecule has 0 saturated heterocycles. The average Bonchev–Trinajstić information content (AvgIpc) is 1.83. The molecule has 2 nitrogen and oxygen atoms in total. The maximum absolute atomic E-state index is 10.6. The van der Waals surface area contributed by atoms with E-state index >= 15 is 0 Å². The van der Waals surface area contributed by atoms with Gasteiger partial charge in [-0.05, 0) is 0 Å². The lowest BCUT2D eigenvalue weighted by atomic mass is 10.5. The summed E-state index contributed by atoms with van der Waals surface area (Å²) in [5, 5.41) is 0. The topological polar surface area (TPSA) is 26.3 Å². The van der Waals surface area contributed by atoms with Crippen LogP contribution in [0.4, 0.5) is 0 Å². The molecule has 3 radical (unpaired) electrons. The molecule has 0 heterocycles. The van der Waals surface area contributed by atoms with E-state index in [2.05, 4.69) is 15.0 Å². The van der Waals surface area contributed by atoms with Crippen LogP contribution in [0.1, 0.15) is 11.9 Å². The molecule has 0 bridgehead atoms. The van der Waals surface area contributed by atoms with Crippen LogP contribution < -0.4 is 0 Å². The van der Waals surface area contributed by atoms with Crippen LogP contribution in [0, 0.1) is 0 Å². The van der Waals surface area contributed by atoms with E-state index < -0.39 is 18.3 Å². The third-order valence-electron chi connectivity index (χ3n) is 0.350. The predicted molar refractivity (Wildman–Crippen MR) is 27.2 cm³/mol. The van der Waals surface area contributed by atoms with Gasteiger partial charge in [0.1, 0.15) is 0 Å². The Hall–Kier alpha value is -0.313. The molecule has 0 aliphatic carbocycles. The van der Waals surface area contributed by atoms with Crippen LogP contribution in [-0.2, 0) is 9.53 Å². The first-order chi connectivity index (χ1) is 4.73. The Morgan fingerprint density at radius 2 is 2.71 bits per heavy atom. The minimum absolute atomic E-state index is 0.998. The summed E-state index contributed by atoms with van der Waals surface area (Å²) < 4.78 is 31.7. The summed E-state index contributed by atoms with van der Waals surface area (Å²) in [6.45, 7) is 0. The molecule has 39 valence electrons. The molecule has 0 N–H and O–H groups in total. The highest BCUT2D eigenvalue weighted by atomic mass is 28.1. The number of rotatable bonds is 2. The Bertz CT molecular complexity index is 164. The second-order valence-corrected chi connectivity index (χ2v) is 0.992. The first-order valence-corrected chi connectivity index (χ1v) is 2.07. The second-order valence-electron chi connectivity index (χ2n) is 0.742. The smallest absolute Gasteiger partial charge is 0.305 e. The molecule has 0 aliphatic heterocycles. The highest BCUT2D eigenvalue weighted by molar-refractivity contribution is 6.09. The van der Waals surface area contributed by atoms with Crippen molar-refractivity contribution < 1.29 is 15.0 Å². The van der Waals surface area contributed by atoms with Crippen LogP contribution in [0.25, 0.3) is 0 Å². The molecule has 0 spiro atoms. The van der Waals surface area contributed by atoms with Gasteiger partial charge in [-0.3, -0.25) is 4.79 Å². The van der Waals surface area contributed by atoms with Crippen molar-refractivity contribution in [2.45, 2.75) is 12.4 Å². The lowest BCUT2D eigenvalue weighted by molar-refractivity contribution is -0.140. The molecule has 7 heavy (non-hydrogen) atoms. The Morgan fingerprint density at radius 3 is 2.86 bits per heavy atom. The van der Waals surface area contributed by atoms with Crippen molar-refractivity contribution in [3.05, 3.63) is 0 Å². The second kappa shape index (κ2) is 3.86. The molecule has 0 atom stereocenters. The van der Waals surface area contributed by atoms with E-state index in [9.17, 15) is 4.79 Å². The zero-order valence-electron chi connectivity index (χ0n) is 7.82. The van der Waals surface area contributed by atoms with Crippen molar-refractivity contribution >= 4 is 16.2 Å². The SMILES string of the molecule is [2H]C([2H])([Si])C([2H])([2H])C(=O)OC. The Balaban J connectivity index is 4.59. The van der Waals surface area contributed by atoms with E-state index in [4.69, 9.17) is 5.48 Å². The van der Waals surface area contributed by atoms with E-state index in [-0.39, 0.29) is 0 Å². The van der Waals surface area contributed by atoms with Gasteiger partial charge in [-0.15, -0.1) is 0 Å². The lowest BCUT2D eigenvalue weighted by Crippen LogP contribution is -1.97. The predicted octanol–water partition coefficient (Wildman–Crippen LogP) is 0.136. The molecule has 0 aromatic rings. The van der Waals surface area contributed by atoms with Gasteiger partial charge in [0.25, 0.3) is 0 Å². The largest absolute Gasteiger partial charge is 0.469 e. The van der Waals surface area contributed by atoms with Crippen molar-refractivity contribution in [1.82, 2.24) is 0 Å². The van der Waals surface area contributed by atoms with Crippen LogP contribution >= 0.6 is 0 Å². The van der Waals surface area contributed by atoms with Gasteiger partial charge in [0, 0.05) is 22.1 Å². The number of ether oxygens (including phenoxy) is 1. The molecule has 0 aromatic heterocycles. The van der Waals surface area contributed by atoms with Crippen LogP contribution in [0.3, 0.4) is 0 Å². The number of hydrogen-bond donors (Lipinski definition) is 0. The molecule has 0 fully saturated rings. The molecule has 0 unspecified atom stereocenters. The van der Waals surface area contributed by atoms with Gasteiger partial charge in [-0.25, -0.2) is 0 Å². The summed E-state index contributed by atoms with van der Waals surface area (Å²) in [5.74, 6) is -3.66. The van der Waals surface area contributed by atoms with Gasteiger partial charge in [-0.1, -0.05) is 6.00 Å². The average molecular weight is 119 g/mol. The first kappa shape index (κ1) is 2.30. The summed E-state index contributed by atoms with van der Waals surface area (Å²) in [5.41, 5.74) is 0. The van der Waals surface area contributed by atoms with Gasteiger partial charge >= 0.3 is 5.97 Å².